The van der Waals surface area contributed by atoms with Crippen molar-refractivity contribution in [2.24, 2.45) is 0 Å². The van der Waals surface area contributed by atoms with Crippen molar-refractivity contribution in [3.05, 3.63) is 57.6 Å². The highest BCUT2D eigenvalue weighted by Crippen LogP contribution is 2.38. The van der Waals surface area contributed by atoms with E-state index in [9.17, 15) is 4.79 Å². The molecule has 1 atom stereocenters. The van der Waals surface area contributed by atoms with Crippen LogP contribution in [0, 0.1) is 0 Å². The normalized spacial score (nSPS) is 18.7. The molecule has 2 heterocycles. The lowest BCUT2D eigenvalue weighted by molar-refractivity contribution is -0.148. The van der Waals surface area contributed by atoms with E-state index in [0.717, 1.165) is 21.5 Å². The Balaban J connectivity index is 1.65. The molecule has 0 aliphatic carbocycles. The first-order valence-electron chi connectivity index (χ1n) is 8.12. The monoisotopic (exact) mass is 403 g/mol. The molecule has 2 aromatic carbocycles. The number of benzene rings is 2. The van der Waals surface area contributed by atoms with Gasteiger partial charge in [-0.05, 0) is 35.2 Å². The average molecular weight is 404 g/mol. The number of nitrogens with zero attached hydrogens (tertiary/aromatic N) is 1. The Bertz CT molecular complexity index is 823. The molecule has 25 heavy (non-hydrogen) atoms. The van der Waals surface area contributed by atoms with Crippen molar-refractivity contribution >= 4 is 21.9 Å². The summed E-state index contributed by atoms with van der Waals surface area (Å²) in [6.07, 6.45) is 0.658. The first-order valence-corrected chi connectivity index (χ1v) is 8.91. The summed E-state index contributed by atoms with van der Waals surface area (Å²) in [6, 6.07) is 11.8. The largest absolute Gasteiger partial charge is 0.468 e. The van der Waals surface area contributed by atoms with Gasteiger partial charge in [-0.2, -0.15) is 0 Å². The van der Waals surface area contributed by atoms with E-state index in [1.807, 2.05) is 24.3 Å². The molecule has 0 bridgehead atoms. The molecule has 0 saturated heterocycles. The van der Waals surface area contributed by atoms with Crippen molar-refractivity contribution < 1.29 is 19.0 Å². The number of fused-ring (bicyclic) bond motifs is 2. The molecule has 1 unspecified atom stereocenters. The van der Waals surface area contributed by atoms with E-state index in [4.69, 9.17) is 14.2 Å². The SMILES string of the molecule is COC(=O)C1Cc2ccccc2CN1Cc1cc2c(cc1Br)OCO2. The molecule has 4 rings (SSSR count). The second-order valence-electron chi connectivity index (χ2n) is 6.21. The van der Waals surface area contributed by atoms with E-state index in [2.05, 4.69) is 33.0 Å². The Kier molecular flexibility index (Phi) is 4.39. The molecule has 5 nitrogen and oxygen atoms in total. The lowest BCUT2D eigenvalue weighted by Crippen LogP contribution is -2.45. The molecule has 6 heteroatoms. The summed E-state index contributed by atoms with van der Waals surface area (Å²) < 4.78 is 16.9. The molecule has 0 fully saturated rings. The van der Waals surface area contributed by atoms with Gasteiger partial charge in [0.25, 0.3) is 0 Å². The Morgan fingerprint density at radius 3 is 2.72 bits per heavy atom. The molecule has 2 aromatic rings. The molecular formula is C19H18BrNO4. The predicted molar refractivity (Wildman–Crippen MR) is 95.5 cm³/mol. The van der Waals surface area contributed by atoms with E-state index in [1.165, 1.54) is 18.2 Å². The highest BCUT2D eigenvalue weighted by atomic mass is 79.9. The zero-order valence-corrected chi connectivity index (χ0v) is 15.4. The van der Waals surface area contributed by atoms with E-state index in [1.54, 1.807) is 0 Å². The Morgan fingerprint density at radius 2 is 1.96 bits per heavy atom. The van der Waals surface area contributed by atoms with Gasteiger partial charge in [0.05, 0.1) is 7.11 Å². The third kappa shape index (κ3) is 3.12. The van der Waals surface area contributed by atoms with Crippen molar-refractivity contribution in [2.75, 3.05) is 13.9 Å². The van der Waals surface area contributed by atoms with Gasteiger partial charge in [0.15, 0.2) is 11.5 Å². The molecule has 0 aromatic heterocycles. The van der Waals surface area contributed by atoms with Crippen LogP contribution in [0.5, 0.6) is 11.5 Å². The number of carbonyl (C=O) groups is 1. The molecule has 2 aliphatic heterocycles. The summed E-state index contributed by atoms with van der Waals surface area (Å²) in [5.41, 5.74) is 3.51. The molecular weight excluding hydrogens is 386 g/mol. The smallest absolute Gasteiger partial charge is 0.323 e. The van der Waals surface area contributed by atoms with Crippen LogP contribution < -0.4 is 9.47 Å². The topological polar surface area (TPSA) is 48.0 Å². The van der Waals surface area contributed by atoms with Gasteiger partial charge in [-0.3, -0.25) is 9.69 Å². The molecule has 0 radical (unpaired) electrons. The summed E-state index contributed by atoms with van der Waals surface area (Å²) >= 11 is 3.60. The molecule has 2 aliphatic rings. The van der Waals surface area contributed by atoms with Crippen LogP contribution in [-0.2, 0) is 29.0 Å². The summed E-state index contributed by atoms with van der Waals surface area (Å²) in [6.45, 7) is 1.56. The van der Waals surface area contributed by atoms with Crippen molar-refractivity contribution in [2.45, 2.75) is 25.6 Å². The minimum absolute atomic E-state index is 0.202. The standard InChI is InChI=1S/C19H18BrNO4/c1-23-19(22)16-6-12-4-2-3-5-13(12)9-21(16)10-14-7-17-18(8-15(14)20)25-11-24-17/h2-5,7-8,16H,6,9-11H2,1H3. The second kappa shape index (κ2) is 6.69. The van der Waals surface area contributed by atoms with Gasteiger partial charge in [0, 0.05) is 17.6 Å². The van der Waals surface area contributed by atoms with Crippen LogP contribution in [0.25, 0.3) is 0 Å². The van der Waals surface area contributed by atoms with Gasteiger partial charge < -0.3 is 14.2 Å². The fourth-order valence-electron chi connectivity index (χ4n) is 3.41. The minimum Gasteiger partial charge on any atom is -0.468 e. The highest BCUT2D eigenvalue weighted by molar-refractivity contribution is 9.10. The maximum absolute atomic E-state index is 12.3. The first-order chi connectivity index (χ1) is 12.2. The number of ether oxygens (including phenoxy) is 3. The number of hydrogen-bond donors (Lipinski definition) is 0. The summed E-state index contributed by atoms with van der Waals surface area (Å²) in [5, 5.41) is 0. The van der Waals surface area contributed by atoms with Crippen molar-refractivity contribution in [3.8, 4) is 11.5 Å². The van der Waals surface area contributed by atoms with E-state index >= 15 is 0 Å². The third-order valence-corrected chi connectivity index (χ3v) is 5.47. The van der Waals surface area contributed by atoms with Crippen LogP contribution >= 0.6 is 15.9 Å². The minimum atomic E-state index is -0.294. The van der Waals surface area contributed by atoms with Gasteiger partial charge in [-0.25, -0.2) is 0 Å². The summed E-state index contributed by atoms with van der Waals surface area (Å²) in [4.78, 5) is 14.5. The van der Waals surface area contributed by atoms with Gasteiger partial charge in [0.1, 0.15) is 6.04 Å². The number of halogens is 1. The van der Waals surface area contributed by atoms with Crippen LogP contribution in [0.15, 0.2) is 40.9 Å². The second-order valence-corrected chi connectivity index (χ2v) is 7.07. The lowest BCUT2D eigenvalue weighted by Gasteiger charge is -2.35. The van der Waals surface area contributed by atoms with Crippen LogP contribution in [-0.4, -0.2) is 30.8 Å². The van der Waals surface area contributed by atoms with Crippen molar-refractivity contribution in [3.63, 3.8) is 0 Å². The summed E-state index contributed by atoms with van der Waals surface area (Å²) in [7, 11) is 1.44. The first kappa shape index (κ1) is 16.4. The number of carbonyl (C=O) groups excluding carboxylic acids is 1. The van der Waals surface area contributed by atoms with E-state index in [-0.39, 0.29) is 18.8 Å². The van der Waals surface area contributed by atoms with Gasteiger partial charge >= 0.3 is 5.97 Å². The molecule has 130 valence electrons. The number of esters is 1. The number of methoxy groups -OCH3 is 1. The quantitative estimate of drug-likeness (QED) is 0.735. The molecule has 0 spiro atoms. The van der Waals surface area contributed by atoms with Crippen molar-refractivity contribution in [1.29, 1.82) is 0 Å². The Morgan fingerprint density at radius 1 is 1.24 bits per heavy atom. The van der Waals surface area contributed by atoms with Gasteiger partial charge in [0.2, 0.25) is 6.79 Å². The fraction of sp³-hybridized carbons (Fsp3) is 0.316. The maximum Gasteiger partial charge on any atom is 0.323 e. The lowest BCUT2D eigenvalue weighted by atomic mass is 9.93. The highest BCUT2D eigenvalue weighted by Gasteiger charge is 2.32. The van der Waals surface area contributed by atoms with Crippen LogP contribution in [0.1, 0.15) is 16.7 Å². The fourth-order valence-corrected chi connectivity index (χ4v) is 3.86. The van der Waals surface area contributed by atoms with Crippen LogP contribution in [0.3, 0.4) is 0 Å². The van der Waals surface area contributed by atoms with Crippen LogP contribution in [0.2, 0.25) is 0 Å². The average Bonchev–Trinajstić information content (AvgIpc) is 3.07. The molecule has 0 amide bonds. The van der Waals surface area contributed by atoms with E-state index in [0.29, 0.717) is 19.5 Å². The van der Waals surface area contributed by atoms with Gasteiger partial charge in [-0.1, -0.05) is 40.2 Å². The zero-order chi connectivity index (χ0) is 17.4. The molecule has 0 saturated carbocycles. The van der Waals surface area contributed by atoms with E-state index < -0.39 is 0 Å². The zero-order valence-electron chi connectivity index (χ0n) is 13.8. The summed E-state index contributed by atoms with van der Waals surface area (Å²) in [5.74, 6) is 1.28. The number of rotatable bonds is 3. The third-order valence-electron chi connectivity index (χ3n) is 4.73. The number of hydrogen-bond acceptors (Lipinski definition) is 5. The van der Waals surface area contributed by atoms with Crippen LogP contribution in [0.4, 0.5) is 0 Å². The van der Waals surface area contributed by atoms with Crippen molar-refractivity contribution in [1.82, 2.24) is 4.90 Å². The Hall–Kier alpha value is -2.05. The maximum atomic E-state index is 12.3. The molecule has 0 N–H and O–H groups in total. The predicted octanol–water partition coefficient (Wildman–Crippen LogP) is 3.28. The Labute approximate surface area is 154 Å². The van der Waals surface area contributed by atoms with Gasteiger partial charge in [-0.15, -0.1) is 0 Å².